The van der Waals surface area contributed by atoms with E-state index in [1.165, 1.54) is 16.7 Å². The van der Waals surface area contributed by atoms with Crippen molar-refractivity contribution < 1.29 is 26.0 Å². The molecule has 1 aliphatic rings. The van der Waals surface area contributed by atoms with Crippen LogP contribution in [0.25, 0.3) is 0 Å². The van der Waals surface area contributed by atoms with E-state index in [4.69, 9.17) is 22.1 Å². The first kappa shape index (κ1) is 20.0. The molecule has 0 aromatic heterocycles. The van der Waals surface area contributed by atoms with Crippen LogP contribution in [0, 0.1) is 11.5 Å². The van der Waals surface area contributed by atoms with Gasteiger partial charge in [0.1, 0.15) is 5.75 Å². The van der Waals surface area contributed by atoms with Gasteiger partial charge in [0.05, 0.1) is 0 Å². The monoisotopic (exact) mass is 389 g/mol. The first-order valence-corrected chi connectivity index (χ1v) is 12.6. The Hall–Kier alpha value is -0.0369. The van der Waals surface area contributed by atoms with Gasteiger partial charge in [0, 0.05) is 0 Å². The second-order valence-electron chi connectivity index (χ2n) is 5.03. The van der Waals surface area contributed by atoms with E-state index >= 15 is 0 Å². The van der Waals surface area contributed by atoms with Gasteiger partial charge in [-0.2, -0.15) is 11.1 Å². The fourth-order valence-electron chi connectivity index (χ4n) is 1.83. The van der Waals surface area contributed by atoms with Crippen molar-refractivity contribution >= 4 is 17.0 Å². The van der Waals surface area contributed by atoms with Gasteiger partial charge in [0.2, 0.25) is 0 Å². The van der Waals surface area contributed by atoms with Crippen molar-refractivity contribution in [3.8, 4) is 5.75 Å². The number of halogens is 2. The number of hydrogen-bond acceptors (Lipinski definition) is 1. The maximum atomic E-state index is 8.63. The first-order valence-electron chi connectivity index (χ1n) is 6.26. The van der Waals surface area contributed by atoms with Crippen LogP contribution in [0.3, 0.4) is 0 Å². The van der Waals surface area contributed by atoms with E-state index in [0.29, 0.717) is 5.75 Å². The van der Waals surface area contributed by atoms with Gasteiger partial charge in [0.25, 0.3) is 0 Å². The standard InChI is InChI=1S/C10H15.C6H6O.2ClH.Zr/c1-7-6-10(4,5)9(3)8(7)2;7-6-4-2-1-3-5-6;;;/h1-5H3;1-5,7H;2*1H;/q-1;;;;+2/p-2. The van der Waals surface area contributed by atoms with Crippen LogP contribution in [-0.4, -0.2) is 5.11 Å². The normalized spacial score (nSPS) is 15.4. The number of rotatable bonds is 0. The van der Waals surface area contributed by atoms with E-state index in [0.717, 1.165) is 0 Å². The van der Waals surface area contributed by atoms with Crippen molar-refractivity contribution in [2.45, 2.75) is 34.6 Å². The number of phenols is 1. The van der Waals surface area contributed by atoms with Gasteiger partial charge in [-0.3, -0.25) is 6.08 Å². The van der Waals surface area contributed by atoms with E-state index in [9.17, 15) is 0 Å². The molecule has 1 aromatic rings. The predicted molar refractivity (Wildman–Crippen MR) is 84.4 cm³/mol. The molecule has 0 fully saturated rings. The molecule has 0 saturated carbocycles. The summed E-state index contributed by atoms with van der Waals surface area (Å²) >= 11 is -0.826. The van der Waals surface area contributed by atoms with Crippen molar-refractivity contribution in [2.75, 3.05) is 0 Å². The third-order valence-corrected chi connectivity index (χ3v) is 3.32. The van der Waals surface area contributed by atoms with Crippen molar-refractivity contribution in [2.24, 2.45) is 5.41 Å². The summed E-state index contributed by atoms with van der Waals surface area (Å²) in [6.07, 6.45) is 3.44. The molecular weight excluding hydrogens is 370 g/mol. The molecule has 110 valence electrons. The Balaban J connectivity index is 0.000000315. The minimum atomic E-state index is -0.826. The third-order valence-electron chi connectivity index (χ3n) is 3.32. The topological polar surface area (TPSA) is 20.2 Å². The van der Waals surface area contributed by atoms with Crippen LogP contribution in [0.5, 0.6) is 5.75 Å². The molecule has 1 aliphatic carbocycles. The summed E-state index contributed by atoms with van der Waals surface area (Å²) in [5.74, 6) is 0.322. The Morgan fingerprint density at radius 2 is 1.50 bits per heavy atom. The summed E-state index contributed by atoms with van der Waals surface area (Å²) in [5.41, 5.74) is 4.39. The summed E-state index contributed by atoms with van der Waals surface area (Å²) < 4.78 is 0. The molecule has 1 aromatic carbocycles. The molecule has 0 amide bonds. The van der Waals surface area contributed by atoms with Gasteiger partial charge in [-0.25, -0.2) is 5.57 Å². The zero-order valence-corrected chi connectivity index (χ0v) is 16.6. The Kier molecular flexibility index (Phi) is 9.80. The molecule has 0 spiro atoms. The van der Waals surface area contributed by atoms with Crippen molar-refractivity contribution in [3.05, 3.63) is 53.1 Å². The molecule has 0 unspecified atom stereocenters. The SMILES string of the molecule is CC1=[C-]C(C)(C)C(C)=C1C.Oc1ccccc1.[Cl][Zr][Cl]. The van der Waals surface area contributed by atoms with Crippen LogP contribution in [0.1, 0.15) is 34.6 Å². The molecule has 0 bridgehead atoms. The zero-order chi connectivity index (χ0) is 15.8. The van der Waals surface area contributed by atoms with E-state index in [1.54, 1.807) is 24.3 Å². The van der Waals surface area contributed by atoms with Gasteiger partial charge in [-0.15, -0.1) is 6.92 Å². The van der Waals surface area contributed by atoms with E-state index in [2.05, 4.69) is 40.7 Å². The van der Waals surface area contributed by atoms with E-state index < -0.39 is 20.8 Å². The van der Waals surface area contributed by atoms with Crippen molar-refractivity contribution in [1.29, 1.82) is 0 Å². The number of allylic oxidation sites excluding steroid dienone is 4. The Morgan fingerprint density at radius 3 is 1.65 bits per heavy atom. The Morgan fingerprint density at radius 1 is 1.05 bits per heavy atom. The number of hydrogen-bond donors (Lipinski definition) is 1. The van der Waals surface area contributed by atoms with Crippen molar-refractivity contribution in [1.82, 2.24) is 0 Å². The number of benzene rings is 1. The van der Waals surface area contributed by atoms with Gasteiger partial charge in [-0.1, -0.05) is 51.3 Å². The summed E-state index contributed by atoms with van der Waals surface area (Å²) in [7, 11) is 9.87. The molecule has 2 rings (SSSR count). The molecule has 0 atom stereocenters. The number of aromatic hydroxyl groups is 1. The summed E-state index contributed by atoms with van der Waals surface area (Å²) in [6, 6.07) is 8.71. The summed E-state index contributed by atoms with van der Waals surface area (Å²) in [5, 5.41) is 8.63. The number of phenolic OH excluding ortho intramolecular Hbond substituents is 1. The average molecular weight is 391 g/mol. The molecule has 4 heteroatoms. The quantitative estimate of drug-likeness (QED) is 0.548. The van der Waals surface area contributed by atoms with Gasteiger partial charge in [0.15, 0.2) is 0 Å². The second kappa shape index (κ2) is 9.82. The van der Waals surface area contributed by atoms with E-state index in [1.807, 2.05) is 6.07 Å². The summed E-state index contributed by atoms with van der Waals surface area (Å²) in [4.78, 5) is 0. The average Bonchev–Trinajstić information content (AvgIpc) is 2.55. The molecule has 0 saturated heterocycles. The fourth-order valence-corrected chi connectivity index (χ4v) is 1.83. The molecule has 0 aliphatic heterocycles. The molecular formula is C16H21Cl2OZr-. The Labute approximate surface area is 141 Å². The van der Waals surface area contributed by atoms with Crippen LogP contribution >= 0.6 is 17.0 Å². The zero-order valence-electron chi connectivity index (χ0n) is 12.6. The van der Waals surface area contributed by atoms with Gasteiger partial charge < -0.3 is 5.11 Å². The van der Waals surface area contributed by atoms with Crippen LogP contribution < -0.4 is 0 Å². The van der Waals surface area contributed by atoms with E-state index in [-0.39, 0.29) is 5.41 Å². The van der Waals surface area contributed by atoms with Crippen LogP contribution in [0.4, 0.5) is 0 Å². The Bertz CT molecular complexity index is 465. The molecule has 0 heterocycles. The fraction of sp³-hybridized carbons (Fsp3) is 0.375. The maximum absolute atomic E-state index is 8.63. The molecule has 1 nitrogen and oxygen atoms in total. The molecule has 0 radical (unpaired) electrons. The molecule has 20 heavy (non-hydrogen) atoms. The minimum absolute atomic E-state index is 0.189. The summed E-state index contributed by atoms with van der Waals surface area (Å²) in [6.45, 7) is 10.9. The number of para-hydroxylation sites is 1. The van der Waals surface area contributed by atoms with Crippen molar-refractivity contribution in [3.63, 3.8) is 0 Å². The van der Waals surface area contributed by atoms with Gasteiger partial charge >= 0.3 is 37.9 Å². The second-order valence-corrected chi connectivity index (χ2v) is 8.76. The first-order chi connectivity index (χ1) is 9.26. The van der Waals surface area contributed by atoms with Crippen LogP contribution in [0.2, 0.25) is 0 Å². The third kappa shape index (κ3) is 7.11. The van der Waals surface area contributed by atoms with Gasteiger partial charge in [-0.05, 0) is 12.1 Å². The predicted octanol–water partition coefficient (Wildman–Crippen LogP) is 5.88. The van der Waals surface area contributed by atoms with Crippen LogP contribution in [0.15, 0.2) is 47.1 Å². The molecule has 1 N–H and O–H groups in total. The van der Waals surface area contributed by atoms with Crippen LogP contribution in [-0.2, 0) is 20.8 Å².